The molecule has 32 heavy (non-hydrogen) atoms. The number of halogens is 1. The van der Waals surface area contributed by atoms with Gasteiger partial charge in [-0.15, -0.1) is 0 Å². The molecule has 3 heterocycles. The SMILES string of the molecule is Cc1cc(C#N)c(F)cc1C1C=NN(c2ccc(C(=O)N3CCN(C)C(C)C3)cn2)C1=O. The standard InChI is InChI=1S/C23H23FN6O2/c1-14-8-17(10-25)20(24)9-18(14)19-12-27-30(23(19)32)21-5-4-16(11-26-21)22(31)29-7-6-28(3)15(2)13-29/h4-5,8-9,11-12,15,19H,6-7,13H2,1-3H3. The maximum absolute atomic E-state index is 14.1. The fourth-order valence-electron chi connectivity index (χ4n) is 3.94. The molecule has 8 nitrogen and oxygen atoms in total. The largest absolute Gasteiger partial charge is 0.336 e. The number of carbonyl (C=O) groups excluding carboxylic acids is 2. The number of hydrazone groups is 1. The van der Waals surface area contributed by atoms with E-state index in [9.17, 15) is 14.0 Å². The molecule has 2 amide bonds. The number of rotatable bonds is 3. The normalized spacial score (nSPS) is 21.2. The number of benzene rings is 1. The van der Waals surface area contributed by atoms with Crippen LogP contribution in [-0.2, 0) is 4.79 Å². The van der Waals surface area contributed by atoms with Crippen molar-refractivity contribution in [3.63, 3.8) is 0 Å². The highest BCUT2D eigenvalue weighted by Crippen LogP contribution is 2.29. The predicted octanol–water partition coefficient (Wildman–Crippen LogP) is 2.29. The van der Waals surface area contributed by atoms with Crippen LogP contribution in [0.5, 0.6) is 0 Å². The zero-order chi connectivity index (χ0) is 23.0. The Balaban J connectivity index is 1.50. The number of aryl methyl sites for hydroxylation is 1. The van der Waals surface area contributed by atoms with Crippen LogP contribution in [0.15, 0.2) is 35.6 Å². The summed E-state index contributed by atoms with van der Waals surface area (Å²) in [7, 11) is 2.04. The number of piperazine rings is 1. The lowest BCUT2D eigenvalue weighted by atomic mass is 9.93. The van der Waals surface area contributed by atoms with Gasteiger partial charge in [0.15, 0.2) is 5.82 Å². The van der Waals surface area contributed by atoms with Gasteiger partial charge in [0, 0.05) is 38.1 Å². The van der Waals surface area contributed by atoms with Crippen molar-refractivity contribution in [1.82, 2.24) is 14.8 Å². The Morgan fingerprint density at radius 2 is 2.06 bits per heavy atom. The van der Waals surface area contributed by atoms with Crippen LogP contribution >= 0.6 is 0 Å². The molecule has 0 spiro atoms. The predicted molar refractivity (Wildman–Crippen MR) is 117 cm³/mol. The topological polar surface area (TPSA) is 92.9 Å². The number of pyridine rings is 1. The summed E-state index contributed by atoms with van der Waals surface area (Å²) >= 11 is 0. The van der Waals surface area contributed by atoms with E-state index < -0.39 is 11.7 Å². The highest BCUT2D eigenvalue weighted by molar-refractivity contribution is 6.12. The van der Waals surface area contributed by atoms with E-state index in [1.807, 2.05) is 7.05 Å². The summed E-state index contributed by atoms with van der Waals surface area (Å²) in [6, 6.07) is 7.92. The summed E-state index contributed by atoms with van der Waals surface area (Å²) in [5, 5.41) is 14.3. The fraction of sp³-hybridized carbons (Fsp3) is 0.348. The van der Waals surface area contributed by atoms with Crippen molar-refractivity contribution in [3.8, 4) is 6.07 Å². The number of aromatic nitrogens is 1. The number of anilines is 1. The van der Waals surface area contributed by atoms with Gasteiger partial charge in [-0.2, -0.15) is 15.4 Å². The van der Waals surface area contributed by atoms with Gasteiger partial charge in [-0.05, 0) is 56.3 Å². The van der Waals surface area contributed by atoms with Crippen molar-refractivity contribution in [1.29, 1.82) is 5.26 Å². The molecule has 1 fully saturated rings. The molecule has 2 aliphatic heterocycles. The third-order valence-corrected chi connectivity index (χ3v) is 6.08. The number of hydrogen-bond donors (Lipinski definition) is 0. The molecule has 1 aromatic heterocycles. The van der Waals surface area contributed by atoms with Crippen LogP contribution in [0.2, 0.25) is 0 Å². The Hall–Kier alpha value is -3.64. The summed E-state index contributed by atoms with van der Waals surface area (Å²) in [6.07, 6.45) is 2.88. The Kier molecular flexibility index (Phi) is 5.72. The first-order chi connectivity index (χ1) is 15.3. The van der Waals surface area contributed by atoms with Gasteiger partial charge in [-0.3, -0.25) is 9.59 Å². The Bertz CT molecular complexity index is 1140. The van der Waals surface area contributed by atoms with Crippen molar-refractivity contribution in [2.24, 2.45) is 5.10 Å². The minimum atomic E-state index is -0.771. The van der Waals surface area contributed by atoms with Gasteiger partial charge in [0.2, 0.25) is 0 Å². The van der Waals surface area contributed by atoms with Crippen LogP contribution in [0.3, 0.4) is 0 Å². The molecule has 0 aliphatic carbocycles. The smallest absolute Gasteiger partial charge is 0.261 e. The lowest BCUT2D eigenvalue weighted by Gasteiger charge is -2.37. The monoisotopic (exact) mass is 434 g/mol. The molecule has 2 aromatic rings. The van der Waals surface area contributed by atoms with Crippen LogP contribution < -0.4 is 5.01 Å². The Morgan fingerprint density at radius 3 is 2.72 bits per heavy atom. The molecule has 164 valence electrons. The van der Waals surface area contributed by atoms with Crippen molar-refractivity contribution >= 4 is 23.8 Å². The third-order valence-electron chi connectivity index (χ3n) is 6.08. The lowest BCUT2D eigenvalue weighted by molar-refractivity contribution is -0.118. The van der Waals surface area contributed by atoms with Crippen LogP contribution in [0.1, 0.15) is 39.9 Å². The van der Waals surface area contributed by atoms with Gasteiger partial charge in [0.25, 0.3) is 11.8 Å². The molecule has 0 radical (unpaired) electrons. The molecule has 1 saturated heterocycles. The van der Waals surface area contributed by atoms with Crippen molar-refractivity contribution in [2.45, 2.75) is 25.8 Å². The number of likely N-dealkylation sites (N-methyl/N-ethyl adjacent to an activating group) is 1. The average molecular weight is 434 g/mol. The van der Waals surface area contributed by atoms with E-state index in [-0.39, 0.29) is 29.2 Å². The first-order valence-electron chi connectivity index (χ1n) is 10.3. The van der Waals surface area contributed by atoms with Crippen LogP contribution in [0.25, 0.3) is 0 Å². The van der Waals surface area contributed by atoms with Gasteiger partial charge in [-0.1, -0.05) is 0 Å². The number of nitriles is 1. The molecule has 2 atom stereocenters. The lowest BCUT2D eigenvalue weighted by Crippen LogP contribution is -2.52. The maximum Gasteiger partial charge on any atom is 0.261 e. The van der Waals surface area contributed by atoms with E-state index in [1.54, 1.807) is 30.0 Å². The molecule has 4 rings (SSSR count). The summed E-state index contributed by atoms with van der Waals surface area (Å²) < 4.78 is 14.1. The Morgan fingerprint density at radius 1 is 1.28 bits per heavy atom. The number of nitrogens with zero attached hydrogens (tertiary/aromatic N) is 6. The van der Waals surface area contributed by atoms with Gasteiger partial charge in [-0.25, -0.2) is 9.37 Å². The first kappa shape index (κ1) is 21.6. The van der Waals surface area contributed by atoms with Crippen molar-refractivity contribution < 1.29 is 14.0 Å². The van der Waals surface area contributed by atoms with Crippen LogP contribution in [0.4, 0.5) is 10.2 Å². The zero-order valence-electron chi connectivity index (χ0n) is 18.1. The van der Waals surface area contributed by atoms with E-state index in [0.717, 1.165) is 11.6 Å². The molecule has 2 unspecified atom stereocenters. The molecular formula is C23H23FN6O2. The van der Waals surface area contributed by atoms with Crippen molar-refractivity contribution in [3.05, 3.63) is 58.5 Å². The second-order valence-electron chi connectivity index (χ2n) is 8.18. The molecule has 0 saturated carbocycles. The van der Waals surface area contributed by atoms with E-state index in [4.69, 9.17) is 5.26 Å². The van der Waals surface area contributed by atoms with Gasteiger partial charge >= 0.3 is 0 Å². The molecule has 0 bridgehead atoms. The second kappa shape index (κ2) is 8.48. The third kappa shape index (κ3) is 3.85. The van der Waals surface area contributed by atoms with Crippen molar-refractivity contribution in [2.75, 3.05) is 31.7 Å². The Labute approximate surface area is 185 Å². The van der Waals surface area contributed by atoms with Crippen LogP contribution in [0, 0.1) is 24.1 Å². The van der Waals surface area contributed by atoms with E-state index in [2.05, 4.69) is 21.9 Å². The fourth-order valence-corrected chi connectivity index (χ4v) is 3.94. The number of carbonyl (C=O) groups is 2. The van der Waals surface area contributed by atoms with Gasteiger partial charge < -0.3 is 9.80 Å². The number of hydrogen-bond acceptors (Lipinski definition) is 6. The average Bonchev–Trinajstić information content (AvgIpc) is 3.17. The van der Waals surface area contributed by atoms with Gasteiger partial charge in [0.05, 0.1) is 11.1 Å². The van der Waals surface area contributed by atoms with E-state index >= 15 is 0 Å². The summed E-state index contributed by atoms with van der Waals surface area (Å²) in [5.74, 6) is -1.64. The number of amides is 2. The highest BCUT2D eigenvalue weighted by Gasteiger charge is 2.33. The maximum atomic E-state index is 14.1. The summed E-state index contributed by atoms with van der Waals surface area (Å²) in [5.41, 5.74) is 1.46. The molecule has 9 heteroatoms. The summed E-state index contributed by atoms with van der Waals surface area (Å²) in [4.78, 5) is 34.0. The molecule has 0 N–H and O–H groups in total. The first-order valence-corrected chi connectivity index (χ1v) is 10.3. The zero-order valence-corrected chi connectivity index (χ0v) is 18.1. The molecular weight excluding hydrogens is 411 g/mol. The van der Waals surface area contributed by atoms with Gasteiger partial charge in [0.1, 0.15) is 17.8 Å². The van der Waals surface area contributed by atoms with Crippen LogP contribution in [-0.4, -0.2) is 65.5 Å². The highest BCUT2D eigenvalue weighted by atomic mass is 19.1. The molecule has 2 aliphatic rings. The summed E-state index contributed by atoms with van der Waals surface area (Å²) in [6.45, 7) is 5.91. The minimum Gasteiger partial charge on any atom is -0.336 e. The van der Waals surface area contributed by atoms with E-state index in [1.165, 1.54) is 24.5 Å². The quantitative estimate of drug-likeness (QED) is 0.739. The minimum absolute atomic E-state index is 0.0674. The van der Waals surface area contributed by atoms with E-state index in [0.29, 0.717) is 29.8 Å². The second-order valence-corrected chi connectivity index (χ2v) is 8.18. The molecule has 1 aromatic carbocycles.